The fraction of sp³-hybridized carbons (Fsp3) is 0.167. The first-order valence-electron chi connectivity index (χ1n) is 5.09. The Hall–Kier alpha value is -1.99. The first-order chi connectivity index (χ1) is 8.11. The lowest BCUT2D eigenvalue weighted by Gasteiger charge is -2.04. The van der Waals surface area contributed by atoms with Gasteiger partial charge in [0, 0.05) is 5.02 Å². The van der Waals surface area contributed by atoms with E-state index in [4.69, 9.17) is 22.6 Å². The lowest BCUT2D eigenvalue weighted by atomic mass is 10.2. The summed E-state index contributed by atoms with van der Waals surface area (Å²) in [6, 6.07) is 9.52. The van der Waals surface area contributed by atoms with Crippen LogP contribution in [0.2, 0.25) is 5.02 Å². The second-order valence-corrected chi connectivity index (χ2v) is 4.18. The number of halogens is 1. The fourth-order valence-corrected chi connectivity index (χ4v) is 1.88. The topological polar surface area (TPSA) is 67.6 Å². The Morgan fingerprint density at radius 2 is 2.29 bits per heavy atom. The molecule has 2 aromatic rings. The van der Waals surface area contributed by atoms with Gasteiger partial charge in [0.05, 0.1) is 12.2 Å². The third kappa shape index (κ3) is 2.24. The standard InChI is InChI=1S/C12H11ClN4/c1-8-11(6-14)12(15)17(16-8)7-9-3-2-4-10(13)5-9/h2-5H,7,15H2,1H3. The van der Waals surface area contributed by atoms with Crippen LogP contribution in [0.3, 0.4) is 0 Å². The highest BCUT2D eigenvalue weighted by Crippen LogP contribution is 2.17. The number of aryl methyl sites for hydroxylation is 1. The van der Waals surface area contributed by atoms with E-state index in [-0.39, 0.29) is 0 Å². The predicted octanol–water partition coefficient (Wildman–Crippen LogP) is 2.35. The van der Waals surface area contributed by atoms with Crippen LogP contribution in [0.1, 0.15) is 16.8 Å². The first kappa shape index (κ1) is 11.5. The van der Waals surface area contributed by atoms with Gasteiger partial charge in [0.25, 0.3) is 0 Å². The summed E-state index contributed by atoms with van der Waals surface area (Å²) in [5, 5.41) is 13.8. The van der Waals surface area contributed by atoms with Gasteiger partial charge in [-0.2, -0.15) is 10.4 Å². The summed E-state index contributed by atoms with van der Waals surface area (Å²) in [5.41, 5.74) is 7.92. The van der Waals surface area contributed by atoms with E-state index >= 15 is 0 Å². The molecule has 0 radical (unpaired) electrons. The minimum absolute atomic E-state index is 0.393. The van der Waals surface area contributed by atoms with E-state index in [0.29, 0.717) is 28.6 Å². The molecular weight excluding hydrogens is 236 g/mol. The van der Waals surface area contributed by atoms with E-state index in [1.807, 2.05) is 30.3 Å². The van der Waals surface area contributed by atoms with Crippen LogP contribution in [0.5, 0.6) is 0 Å². The van der Waals surface area contributed by atoms with Crippen molar-refractivity contribution in [1.82, 2.24) is 9.78 Å². The van der Waals surface area contributed by atoms with Crippen LogP contribution < -0.4 is 5.73 Å². The summed E-state index contributed by atoms with van der Waals surface area (Å²) < 4.78 is 1.61. The van der Waals surface area contributed by atoms with E-state index in [1.165, 1.54) is 0 Å². The lowest BCUT2D eigenvalue weighted by molar-refractivity contribution is 0.689. The average Bonchev–Trinajstić information content (AvgIpc) is 2.54. The Bertz CT molecular complexity index is 595. The van der Waals surface area contributed by atoms with Crippen LogP contribution in [-0.2, 0) is 6.54 Å². The smallest absolute Gasteiger partial charge is 0.140 e. The first-order valence-corrected chi connectivity index (χ1v) is 5.47. The third-order valence-electron chi connectivity index (χ3n) is 2.50. The van der Waals surface area contributed by atoms with Gasteiger partial charge >= 0.3 is 0 Å². The number of hydrogen-bond donors (Lipinski definition) is 1. The van der Waals surface area contributed by atoms with Crippen molar-refractivity contribution in [3.63, 3.8) is 0 Å². The molecule has 0 fully saturated rings. The summed E-state index contributed by atoms with van der Waals surface area (Å²) in [4.78, 5) is 0. The molecule has 0 atom stereocenters. The molecule has 0 aliphatic rings. The van der Waals surface area contributed by atoms with Gasteiger partial charge in [-0.05, 0) is 24.6 Å². The molecule has 17 heavy (non-hydrogen) atoms. The molecule has 0 amide bonds. The number of nitrogens with two attached hydrogens (primary N) is 1. The molecule has 4 nitrogen and oxygen atoms in total. The van der Waals surface area contributed by atoms with Crippen LogP contribution in [0.4, 0.5) is 5.82 Å². The Balaban J connectivity index is 2.34. The Kier molecular flexibility index (Phi) is 3.03. The summed E-state index contributed by atoms with van der Waals surface area (Å²) in [7, 11) is 0. The summed E-state index contributed by atoms with van der Waals surface area (Å²) in [5.74, 6) is 0.393. The molecule has 86 valence electrons. The van der Waals surface area contributed by atoms with Gasteiger partial charge in [0.15, 0.2) is 0 Å². The average molecular weight is 247 g/mol. The van der Waals surface area contributed by atoms with E-state index in [9.17, 15) is 0 Å². The van der Waals surface area contributed by atoms with Crippen molar-refractivity contribution < 1.29 is 0 Å². The number of benzene rings is 1. The van der Waals surface area contributed by atoms with E-state index in [1.54, 1.807) is 11.6 Å². The highest BCUT2D eigenvalue weighted by Gasteiger charge is 2.11. The van der Waals surface area contributed by atoms with E-state index in [0.717, 1.165) is 5.56 Å². The highest BCUT2D eigenvalue weighted by molar-refractivity contribution is 6.30. The molecule has 2 rings (SSSR count). The summed E-state index contributed by atoms with van der Waals surface area (Å²) in [6.45, 7) is 2.28. The number of aromatic nitrogens is 2. The largest absolute Gasteiger partial charge is 0.383 e. The van der Waals surface area contributed by atoms with Crippen molar-refractivity contribution in [2.45, 2.75) is 13.5 Å². The lowest BCUT2D eigenvalue weighted by Crippen LogP contribution is -2.06. The molecule has 1 aromatic heterocycles. The molecule has 0 spiro atoms. The zero-order valence-corrected chi connectivity index (χ0v) is 10.1. The predicted molar refractivity (Wildman–Crippen MR) is 66.6 cm³/mol. The number of hydrogen-bond acceptors (Lipinski definition) is 3. The maximum absolute atomic E-state index is 8.92. The van der Waals surface area contributed by atoms with Crippen molar-refractivity contribution in [3.8, 4) is 6.07 Å². The van der Waals surface area contributed by atoms with E-state index in [2.05, 4.69) is 5.10 Å². The molecule has 0 saturated carbocycles. The van der Waals surface area contributed by atoms with Gasteiger partial charge in [-0.1, -0.05) is 23.7 Å². The molecule has 0 aliphatic carbocycles. The van der Waals surface area contributed by atoms with Gasteiger partial charge in [-0.3, -0.25) is 0 Å². The van der Waals surface area contributed by atoms with Crippen LogP contribution in [0.15, 0.2) is 24.3 Å². The molecule has 1 heterocycles. The molecular formula is C12H11ClN4. The SMILES string of the molecule is Cc1nn(Cc2cccc(Cl)c2)c(N)c1C#N. The number of nitriles is 1. The third-order valence-corrected chi connectivity index (χ3v) is 2.74. The number of nitrogen functional groups attached to an aromatic ring is 1. The molecule has 5 heteroatoms. The molecule has 0 aliphatic heterocycles. The summed E-state index contributed by atoms with van der Waals surface area (Å²) in [6.07, 6.45) is 0. The van der Waals surface area contributed by atoms with Crippen LogP contribution in [0, 0.1) is 18.3 Å². The van der Waals surface area contributed by atoms with Crippen LogP contribution in [0.25, 0.3) is 0 Å². The van der Waals surface area contributed by atoms with Crippen molar-refractivity contribution in [3.05, 3.63) is 46.1 Å². The van der Waals surface area contributed by atoms with Gasteiger partial charge in [0.2, 0.25) is 0 Å². The maximum atomic E-state index is 8.92. The molecule has 1 aromatic carbocycles. The van der Waals surface area contributed by atoms with Crippen molar-refractivity contribution in [2.75, 3.05) is 5.73 Å². The van der Waals surface area contributed by atoms with Crippen LogP contribution in [-0.4, -0.2) is 9.78 Å². The zero-order chi connectivity index (χ0) is 12.4. The Labute approximate surface area is 104 Å². The van der Waals surface area contributed by atoms with Crippen molar-refractivity contribution in [2.24, 2.45) is 0 Å². The molecule has 2 N–H and O–H groups in total. The van der Waals surface area contributed by atoms with Crippen molar-refractivity contribution >= 4 is 17.4 Å². The Morgan fingerprint density at radius 3 is 2.88 bits per heavy atom. The highest BCUT2D eigenvalue weighted by atomic mass is 35.5. The normalized spacial score (nSPS) is 10.2. The molecule has 0 bridgehead atoms. The van der Waals surface area contributed by atoms with Crippen molar-refractivity contribution in [1.29, 1.82) is 5.26 Å². The van der Waals surface area contributed by atoms with Gasteiger partial charge in [-0.25, -0.2) is 4.68 Å². The van der Waals surface area contributed by atoms with Gasteiger partial charge in [-0.15, -0.1) is 0 Å². The monoisotopic (exact) mass is 246 g/mol. The minimum atomic E-state index is 0.393. The molecule has 0 saturated heterocycles. The minimum Gasteiger partial charge on any atom is -0.383 e. The zero-order valence-electron chi connectivity index (χ0n) is 9.31. The van der Waals surface area contributed by atoms with Gasteiger partial charge < -0.3 is 5.73 Å². The summed E-state index contributed by atoms with van der Waals surface area (Å²) >= 11 is 5.90. The fourth-order valence-electron chi connectivity index (χ4n) is 1.67. The van der Waals surface area contributed by atoms with Crippen LogP contribution >= 0.6 is 11.6 Å². The number of nitrogens with zero attached hydrogens (tertiary/aromatic N) is 3. The molecule has 0 unspecified atom stereocenters. The quantitative estimate of drug-likeness (QED) is 0.884. The van der Waals surface area contributed by atoms with Gasteiger partial charge in [0.1, 0.15) is 17.5 Å². The Morgan fingerprint density at radius 1 is 1.53 bits per heavy atom. The van der Waals surface area contributed by atoms with E-state index < -0.39 is 0 Å². The maximum Gasteiger partial charge on any atom is 0.140 e. The second-order valence-electron chi connectivity index (χ2n) is 3.75. The number of rotatable bonds is 2. The second kappa shape index (κ2) is 4.48. The number of anilines is 1.